The predicted octanol–water partition coefficient (Wildman–Crippen LogP) is 2.77. The maximum absolute atomic E-state index is 12.9. The van der Waals surface area contributed by atoms with E-state index in [4.69, 9.17) is 4.74 Å². The molecule has 138 valence electrons. The van der Waals surface area contributed by atoms with Crippen LogP contribution in [-0.4, -0.2) is 23.6 Å². The van der Waals surface area contributed by atoms with Gasteiger partial charge in [0.25, 0.3) is 0 Å². The number of aliphatic carboxylic acids is 1. The Morgan fingerprint density at radius 1 is 1.15 bits per heavy atom. The third-order valence-electron chi connectivity index (χ3n) is 6.37. The second-order valence-electron chi connectivity index (χ2n) is 7.82. The van der Waals surface area contributed by atoms with E-state index >= 15 is 0 Å². The van der Waals surface area contributed by atoms with Gasteiger partial charge in [0.2, 0.25) is 5.91 Å². The van der Waals surface area contributed by atoms with E-state index < -0.39 is 12.0 Å². The van der Waals surface area contributed by atoms with E-state index in [2.05, 4.69) is 17.4 Å². The first-order valence-corrected chi connectivity index (χ1v) is 9.46. The van der Waals surface area contributed by atoms with E-state index in [-0.39, 0.29) is 17.2 Å². The number of aryl methyl sites for hydroxylation is 1. The summed E-state index contributed by atoms with van der Waals surface area (Å²) in [6.45, 7) is 0.618. The number of carboxylic acid groups (broad SMARTS) is 1. The molecule has 0 radical (unpaired) electrons. The van der Waals surface area contributed by atoms with E-state index in [1.165, 1.54) is 11.1 Å². The number of rotatable bonds is 4. The van der Waals surface area contributed by atoms with Gasteiger partial charge in [0.15, 0.2) is 6.04 Å². The molecule has 2 aromatic carbocycles. The average Bonchev–Trinajstić information content (AvgIpc) is 3.03. The molecule has 1 spiro atoms. The van der Waals surface area contributed by atoms with E-state index in [0.717, 1.165) is 37.0 Å². The number of carbonyl (C=O) groups excluding carboxylic acids is 1. The maximum Gasteiger partial charge on any atom is 0.330 e. The summed E-state index contributed by atoms with van der Waals surface area (Å²) in [7, 11) is 0. The number of hydrogen-bond donors (Lipinski definition) is 2. The summed E-state index contributed by atoms with van der Waals surface area (Å²) in [5.41, 5.74) is 4.10. The van der Waals surface area contributed by atoms with Gasteiger partial charge >= 0.3 is 5.97 Å². The van der Waals surface area contributed by atoms with Crippen LogP contribution in [-0.2, 0) is 27.8 Å². The van der Waals surface area contributed by atoms with Crippen molar-refractivity contribution in [3.05, 3.63) is 64.7 Å². The molecular formula is C22H21NO4. The minimum Gasteiger partial charge on any atom is -0.493 e. The first-order chi connectivity index (χ1) is 13.1. The first kappa shape index (κ1) is 16.4. The fourth-order valence-corrected chi connectivity index (χ4v) is 4.86. The van der Waals surface area contributed by atoms with Crippen molar-refractivity contribution < 1.29 is 19.4 Å². The number of benzene rings is 2. The van der Waals surface area contributed by atoms with Crippen LogP contribution in [0, 0.1) is 5.92 Å². The van der Waals surface area contributed by atoms with Crippen LogP contribution in [0.5, 0.6) is 5.75 Å². The first-order valence-electron chi connectivity index (χ1n) is 9.46. The summed E-state index contributed by atoms with van der Waals surface area (Å²) in [5, 5.41) is 12.5. The lowest BCUT2D eigenvalue weighted by molar-refractivity contribution is -0.142. The second-order valence-corrected chi connectivity index (χ2v) is 7.82. The molecule has 5 rings (SSSR count). The van der Waals surface area contributed by atoms with E-state index in [0.29, 0.717) is 12.2 Å². The van der Waals surface area contributed by atoms with Crippen LogP contribution in [0.4, 0.5) is 0 Å². The van der Waals surface area contributed by atoms with Gasteiger partial charge in [-0.3, -0.25) is 4.79 Å². The van der Waals surface area contributed by atoms with Crippen LogP contribution in [0.25, 0.3) is 0 Å². The number of amides is 1. The van der Waals surface area contributed by atoms with Crippen molar-refractivity contribution in [1.82, 2.24) is 5.32 Å². The molecule has 2 aliphatic carbocycles. The van der Waals surface area contributed by atoms with Gasteiger partial charge in [0, 0.05) is 17.8 Å². The Labute approximate surface area is 157 Å². The monoisotopic (exact) mass is 363 g/mol. The number of carbonyl (C=O) groups is 2. The SMILES string of the molecule is O=C(O)C(NC(=O)C1CC12CCc1ccccc12)c1ccc2c(c1)CCO2. The Morgan fingerprint density at radius 3 is 2.85 bits per heavy atom. The normalized spacial score (nSPS) is 25.4. The summed E-state index contributed by atoms with van der Waals surface area (Å²) in [6.07, 6.45) is 3.54. The van der Waals surface area contributed by atoms with Gasteiger partial charge < -0.3 is 15.2 Å². The summed E-state index contributed by atoms with van der Waals surface area (Å²) in [5.74, 6) is -0.529. The van der Waals surface area contributed by atoms with Gasteiger partial charge in [-0.15, -0.1) is 0 Å². The molecule has 5 heteroatoms. The largest absolute Gasteiger partial charge is 0.493 e. The molecule has 1 heterocycles. The van der Waals surface area contributed by atoms with Crippen molar-refractivity contribution in [2.45, 2.75) is 37.1 Å². The van der Waals surface area contributed by atoms with Gasteiger partial charge in [-0.05, 0) is 53.6 Å². The Balaban J connectivity index is 1.36. The molecule has 2 aromatic rings. The molecule has 27 heavy (non-hydrogen) atoms. The molecule has 1 aliphatic heterocycles. The van der Waals surface area contributed by atoms with Crippen molar-refractivity contribution in [3.63, 3.8) is 0 Å². The predicted molar refractivity (Wildman–Crippen MR) is 98.7 cm³/mol. The van der Waals surface area contributed by atoms with Gasteiger partial charge in [0.05, 0.1) is 6.61 Å². The topological polar surface area (TPSA) is 75.6 Å². The van der Waals surface area contributed by atoms with Crippen LogP contribution in [0.1, 0.15) is 41.1 Å². The number of fused-ring (bicyclic) bond motifs is 3. The molecule has 2 N–H and O–H groups in total. The summed E-state index contributed by atoms with van der Waals surface area (Å²) >= 11 is 0. The second kappa shape index (κ2) is 5.84. The zero-order chi connectivity index (χ0) is 18.6. The van der Waals surface area contributed by atoms with Gasteiger partial charge in [0.1, 0.15) is 5.75 Å². The van der Waals surface area contributed by atoms with Crippen LogP contribution >= 0.6 is 0 Å². The molecule has 1 saturated carbocycles. The highest BCUT2D eigenvalue weighted by molar-refractivity contribution is 5.89. The molecular weight excluding hydrogens is 342 g/mol. The number of hydrogen-bond acceptors (Lipinski definition) is 3. The van der Waals surface area contributed by atoms with E-state index in [1.807, 2.05) is 18.2 Å². The fraction of sp³-hybridized carbons (Fsp3) is 0.364. The molecule has 5 nitrogen and oxygen atoms in total. The lowest BCUT2D eigenvalue weighted by Crippen LogP contribution is -2.36. The summed E-state index contributed by atoms with van der Waals surface area (Å²) in [6, 6.07) is 12.6. The summed E-state index contributed by atoms with van der Waals surface area (Å²) in [4.78, 5) is 24.7. The lowest BCUT2D eigenvalue weighted by atomic mass is 9.95. The standard InChI is InChI=1S/C22H21NO4/c24-20(17-12-22(17)9-7-13-3-1-2-4-16(13)22)23-19(21(25)26)15-5-6-18-14(11-15)8-10-27-18/h1-6,11,17,19H,7-10,12H2,(H,23,24)(H,25,26). The number of ether oxygens (including phenoxy) is 1. The van der Waals surface area contributed by atoms with Crippen molar-refractivity contribution in [2.24, 2.45) is 5.92 Å². The molecule has 0 bridgehead atoms. The van der Waals surface area contributed by atoms with Crippen molar-refractivity contribution in [3.8, 4) is 5.75 Å². The Kier molecular flexibility index (Phi) is 3.54. The van der Waals surface area contributed by atoms with Crippen LogP contribution < -0.4 is 10.1 Å². The molecule has 3 atom stereocenters. The zero-order valence-corrected chi connectivity index (χ0v) is 14.9. The lowest BCUT2D eigenvalue weighted by Gasteiger charge is -2.17. The van der Waals surface area contributed by atoms with Crippen LogP contribution in [0.2, 0.25) is 0 Å². The average molecular weight is 363 g/mol. The van der Waals surface area contributed by atoms with Gasteiger partial charge in [-0.25, -0.2) is 4.79 Å². The Hall–Kier alpha value is -2.82. The quantitative estimate of drug-likeness (QED) is 0.876. The Morgan fingerprint density at radius 2 is 2.00 bits per heavy atom. The molecule has 0 saturated heterocycles. The highest BCUT2D eigenvalue weighted by atomic mass is 16.5. The smallest absolute Gasteiger partial charge is 0.330 e. The van der Waals surface area contributed by atoms with Crippen LogP contribution in [0.15, 0.2) is 42.5 Å². The third-order valence-corrected chi connectivity index (χ3v) is 6.37. The van der Waals surface area contributed by atoms with Crippen molar-refractivity contribution in [2.75, 3.05) is 6.61 Å². The highest BCUT2D eigenvalue weighted by Crippen LogP contribution is 2.61. The molecule has 1 fully saturated rings. The van der Waals surface area contributed by atoms with E-state index in [1.54, 1.807) is 12.1 Å². The third kappa shape index (κ3) is 2.52. The molecule has 3 aliphatic rings. The highest BCUT2D eigenvalue weighted by Gasteiger charge is 2.61. The van der Waals surface area contributed by atoms with Crippen LogP contribution in [0.3, 0.4) is 0 Å². The van der Waals surface area contributed by atoms with E-state index in [9.17, 15) is 14.7 Å². The molecule has 3 unspecified atom stereocenters. The van der Waals surface area contributed by atoms with Crippen molar-refractivity contribution >= 4 is 11.9 Å². The minimum atomic E-state index is -1.04. The summed E-state index contributed by atoms with van der Waals surface area (Å²) < 4.78 is 5.48. The number of nitrogens with one attached hydrogen (secondary N) is 1. The Bertz CT molecular complexity index is 953. The molecule has 0 aromatic heterocycles. The van der Waals surface area contributed by atoms with Crippen molar-refractivity contribution in [1.29, 1.82) is 0 Å². The van der Waals surface area contributed by atoms with Gasteiger partial charge in [-0.1, -0.05) is 30.3 Å². The molecule has 1 amide bonds. The van der Waals surface area contributed by atoms with Gasteiger partial charge in [-0.2, -0.15) is 0 Å². The minimum absolute atomic E-state index is 0.0878. The zero-order valence-electron chi connectivity index (χ0n) is 14.9. The fourth-order valence-electron chi connectivity index (χ4n) is 4.86. The number of carboxylic acids is 1. The maximum atomic E-state index is 12.9.